The summed E-state index contributed by atoms with van der Waals surface area (Å²) in [6.45, 7) is 6.09. The van der Waals surface area contributed by atoms with Crippen molar-refractivity contribution in [1.29, 1.82) is 0 Å². The average molecular weight is 555 g/mol. The number of nitrogens with one attached hydrogen (secondary N) is 1. The van der Waals surface area contributed by atoms with Crippen LogP contribution >= 0.6 is 0 Å². The third kappa shape index (κ3) is 3.84. The molecule has 6 rings (SSSR count). The summed E-state index contributed by atoms with van der Waals surface area (Å²) in [5.74, 6) is -0.635. The predicted octanol–water partition coefficient (Wildman–Crippen LogP) is 3.24. The van der Waals surface area contributed by atoms with Crippen LogP contribution in [0.15, 0.2) is 41.5 Å². The molecule has 0 amide bonds. The molecule has 0 spiro atoms. The fraction of sp³-hybridized carbons (Fsp3) is 0.333. The molecule has 4 aromatic rings. The molecule has 12 heteroatoms. The number of fused-ring (bicyclic) bond motifs is 2. The monoisotopic (exact) mass is 554 g/mol. The van der Waals surface area contributed by atoms with Gasteiger partial charge in [-0.05, 0) is 62.6 Å². The van der Waals surface area contributed by atoms with Crippen LogP contribution in [-0.2, 0) is 22.9 Å². The third-order valence-electron chi connectivity index (χ3n) is 7.71. The number of nitrogens with zero attached hydrogens (tertiary/aromatic N) is 5. The van der Waals surface area contributed by atoms with E-state index in [2.05, 4.69) is 5.32 Å². The molecule has 0 unspecified atom stereocenters. The molecule has 0 bridgehead atoms. The van der Waals surface area contributed by atoms with Gasteiger partial charge in [0.05, 0.1) is 28.5 Å². The first-order valence-electron chi connectivity index (χ1n) is 12.7. The van der Waals surface area contributed by atoms with Gasteiger partial charge in [-0.15, -0.1) is 0 Å². The van der Waals surface area contributed by atoms with Crippen LogP contribution in [0.4, 0.5) is 14.5 Å². The first-order chi connectivity index (χ1) is 18.5. The first-order valence-corrected chi connectivity index (χ1v) is 14.3. The summed E-state index contributed by atoms with van der Waals surface area (Å²) < 4.78 is 60.1. The quantitative estimate of drug-likeness (QED) is 0.420. The van der Waals surface area contributed by atoms with E-state index in [9.17, 15) is 17.6 Å². The Balaban J connectivity index is 1.54. The molecule has 4 heterocycles. The highest BCUT2D eigenvalue weighted by molar-refractivity contribution is 7.92. The lowest BCUT2D eigenvalue weighted by molar-refractivity contribution is 0.536. The molecular formula is C27H28F2N6O3S. The zero-order chi connectivity index (χ0) is 27.8. The fourth-order valence-electron chi connectivity index (χ4n) is 5.62. The summed E-state index contributed by atoms with van der Waals surface area (Å²) in [7, 11) is -2.11. The van der Waals surface area contributed by atoms with Crippen LogP contribution in [-0.4, -0.2) is 46.7 Å². The van der Waals surface area contributed by atoms with Crippen molar-refractivity contribution in [3.8, 4) is 17.2 Å². The third-order valence-corrected chi connectivity index (χ3v) is 9.46. The molecule has 2 aliphatic rings. The highest BCUT2D eigenvalue weighted by Gasteiger charge is 2.32. The van der Waals surface area contributed by atoms with Crippen LogP contribution in [0.25, 0.3) is 17.2 Å². The van der Waals surface area contributed by atoms with Crippen LogP contribution in [0.2, 0.25) is 0 Å². The van der Waals surface area contributed by atoms with Gasteiger partial charge in [0.15, 0.2) is 5.82 Å². The number of rotatable bonds is 3. The summed E-state index contributed by atoms with van der Waals surface area (Å²) in [5, 5.41) is 8.24. The van der Waals surface area contributed by atoms with Crippen LogP contribution in [0, 0.1) is 25.5 Å². The van der Waals surface area contributed by atoms with E-state index >= 15 is 4.39 Å². The molecular weight excluding hydrogens is 526 g/mol. The van der Waals surface area contributed by atoms with Crippen molar-refractivity contribution < 1.29 is 17.2 Å². The van der Waals surface area contributed by atoms with E-state index in [1.165, 1.54) is 34.5 Å². The minimum absolute atomic E-state index is 0.0177. The Morgan fingerprint density at radius 3 is 2.38 bits per heavy atom. The van der Waals surface area contributed by atoms with Gasteiger partial charge in [-0.3, -0.25) is 13.4 Å². The molecule has 9 nitrogen and oxygen atoms in total. The second-order valence-electron chi connectivity index (χ2n) is 10.2. The van der Waals surface area contributed by atoms with E-state index in [0.29, 0.717) is 29.1 Å². The van der Waals surface area contributed by atoms with Gasteiger partial charge < -0.3 is 5.32 Å². The van der Waals surface area contributed by atoms with Gasteiger partial charge in [-0.25, -0.2) is 26.7 Å². The van der Waals surface area contributed by atoms with Crippen molar-refractivity contribution in [2.45, 2.75) is 39.7 Å². The van der Waals surface area contributed by atoms with E-state index < -0.39 is 21.5 Å². The lowest BCUT2D eigenvalue weighted by Crippen LogP contribution is -2.35. The number of benzene rings is 2. The van der Waals surface area contributed by atoms with E-state index in [1.54, 1.807) is 36.9 Å². The van der Waals surface area contributed by atoms with Crippen molar-refractivity contribution in [1.82, 2.24) is 24.2 Å². The normalized spacial score (nSPS) is 18.2. The van der Waals surface area contributed by atoms with Crippen LogP contribution < -0.4 is 15.3 Å². The summed E-state index contributed by atoms with van der Waals surface area (Å²) in [6, 6.07) is 6.22. The van der Waals surface area contributed by atoms with Crippen molar-refractivity contribution in [3.63, 3.8) is 0 Å². The number of anilines is 1. The van der Waals surface area contributed by atoms with E-state index in [4.69, 9.17) is 5.10 Å². The Morgan fingerprint density at radius 2 is 1.67 bits per heavy atom. The number of hydrogen-bond acceptors (Lipinski definition) is 5. The van der Waals surface area contributed by atoms with Gasteiger partial charge in [0.2, 0.25) is 10.0 Å². The van der Waals surface area contributed by atoms with Crippen LogP contribution in [0.1, 0.15) is 40.9 Å². The minimum Gasteiger partial charge on any atom is -0.310 e. The molecule has 2 aromatic carbocycles. The summed E-state index contributed by atoms with van der Waals surface area (Å²) >= 11 is 0. The molecule has 2 aliphatic heterocycles. The lowest BCUT2D eigenvalue weighted by atomic mass is 10.0. The SMILES string of the molecule is Cc1cc(-n2nc3c(c2-n2ccn(-c4ccc5c(c4F)CCS(=O)(=O)N5C)c2=O)[C@H](C)NCC3)cc(C)c1F. The Hall–Kier alpha value is -3.77. The number of halogens is 2. The summed E-state index contributed by atoms with van der Waals surface area (Å²) in [6.07, 6.45) is 3.73. The maximum Gasteiger partial charge on any atom is 0.338 e. The number of imidazole rings is 1. The fourth-order valence-corrected chi connectivity index (χ4v) is 6.82. The molecule has 0 radical (unpaired) electrons. The Morgan fingerprint density at radius 1 is 1.00 bits per heavy atom. The molecule has 0 fully saturated rings. The molecule has 204 valence electrons. The van der Waals surface area contributed by atoms with Gasteiger partial charge in [-0.2, -0.15) is 5.10 Å². The molecule has 2 aromatic heterocycles. The molecule has 1 N–H and O–H groups in total. The number of aromatic nitrogens is 4. The van der Waals surface area contributed by atoms with Crippen molar-refractivity contribution in [2.75, 3.05) is 23.7 Å². The molecule has 0 aliphatic carbocycles. The average Bonchev–Trinajstić information content (AvgIpc) is 3.46. The highest BCUT2D eigenvalue weighted by atomic mass is 32.2. The van der Waals surface area contributed by atoms with Gasteiger partial charge in [0.1, 0.15) is 11.6 Å². The zero-order valence-electron chi connectivity index (χ0n) is 22.0. The second-order valence-corrected chi connectivity index (χ2v) is 12.3. The van der Waals surface area contributed by atoms with Crippen molar-refractivity contribution >= 4 is 15.7 Å². The van der Waals surface area contributed by atoms with Crippen LogP contribution in [0.3, 0.4) is 0 Å². The Kier molecular flexibility index (Phi) is 5.81. The van der Waals surface area contributed by atoms with Gasteiger partial charge in [0.25, 0.3) is 0 Å². The van der Waals surface area contributed by atoms with Crippen LogP contribution in [0.5, 0.6) is 0 Å². The van der Waals surface area contributed by atoms with Crippen molar-refractivity contribution in [2.24, 2.45) is 0 Å². The second kappa shape index (κ2) is 8.88. The van der Waals surface area contributed by atoms with E-state index in [-0.39, 0.29) is 41.0 Å². The highest BCUT2D eigenvalue weighted by Crippen LogP contribution is 2.34. The van der Waals surface area contributed by atoms with Gasteiger partial charge >= 0.3 is 5.69 Å². The minimum atomic E-state index is -3.50. The maximum atomic E-state index is 15.7. The first kappa shape index (κ1) is 25.5. The predicted molar refractivity (Wildman–Crippen MR) is 144 cm³/mol. The summed E-state index contributed by atoms with van der Waals surface area (Å²) in [5.41, 5.74) is 3.26. The lowest BCUT2D eigenvalue weighted by Gasteiger charge is -2.28. The zero-order valence-corrected chi connectivity index (χ0v) is 22.8. The standard InChI is InChI=1S/C27H28F2N6O3S/c1-15-13-18(14-16(2)24(15)28)35-26(23-17(3)30-9-7-20(23)31-35)34-11-10-33(27(34)36)22-6-5-21-19(25(22)29)8-12-39(37,38)32(21)4/h5-6,10-11,13-14,17,30H,7-9,12H2,1-4H3/t17-/m0/s1. The number of sulfonamides is 1. The van der Waals surface area contributed by atoms with E-state index in [0.717, 1.165) is 22.1 Å². The molecule has 1 atom stereocenters. The van der Waals surface area contributed by atoms with Gasteiger partial charge in [-0.1, -0.05) is 0 Å². The molecule has 0 saturated carbocycles. The van der Waals surface area contributed by atoms with Gasteiger partial charge in [0, 0.05) is 49.6 Å². The smallest absolute Gasteiger partial charge is 0.310 e. The summed E-state index contributed by atoms with van der Waals surface area (Å²) in [4.78, 5) is 13.9. The number of hydrogen-bond donors (Lipinski definition) is 1. The largest absolute Gasteiger partial charge is 0.338 e. The molecule has 39 heavy (non-hydrogen) atoms. The van der Waals surface area contributed by atoms with E-state index in [1.807, 2.05) is 6.92 Å². The Bertz CT molecular complexity index is 1800. The van der Waals surface area contributed by atoms with Crippen molar-refractivity contribution in [3.05, 3.63) is 86.7 Å². The molecule has 0 saturated heterocycles. The topological polar surface area (TPSA) is 94.2 Å². The Labute approximate surface area is 224 Å². The number of aryl methyl sites for hydroxylation is 2. The maximum absolute atomic E-state index is 15.7.